The van der Waals surface area contributed by atoms with E-state index in [4.69, 9.17) is 9.47 Å². The molecule has 0 heterocycles. The Hall–Kier alpha value is -2.73. The summed E-state index contributed by atoms with van der Waals surface area (Å²) in [6, 6.07) is 15.1. The lowest BCUT2D eigenvalue weighted by molar-refractivity contribution is 0.265. The van der Waals surface area contributed by atoms with Crippen LogP contribution in [-0.2, 0) is 19.5 Å². The number of benzene rings is 2. The second-order valence-electron chi connectivity index (χ2n) is 7.57. The van der Waals surface area contributed by atoms with Crippen LogP contribution in [0, 0.1) is 0 Å². The second kappa shape index (κ2) is 12.1. The maximum atomic E-state index is 5.38. The van der Waals surface area contributed by atoms with Crippen molar-refractivity contribution in [2.75, 3.05) is 34.9 Å². The van der Waals surface area contributed by atoms with E-state index in [9.17, 15) is 0 Å². The summed E-state index contributed by atoms with van der Waals surface area (Å²) in [5.41, 5.74) is 3.80. The average molecular weight is 413 g/mol. The first kappa shape index (κ1) is 23.5. The van der Waals surface area contributed by atoms with Crippen molar-refractivity contribution in [3.05, 3.63) is 59.2 Å². The van der Waals surface area contributed by atoms with E-state index in [1.807, 2.05) is 12.1 Å². The first-order chi connectivity index (χ1) is 14.5. The highest BCUT2D eigenvalue weighted by molar-refractivity contribution is 5.79. The quantitative estimate of drug-likeness (QED) is 0.462. The van der Waals surface area contributed by atoms with Gasteiger partial charge in [-0.25, -0.2) is 0 Å². The van der Waals surface area contributed by atoms with Crippen LogP contribution in [0.15, 0.2) is 47.5 Å². The largest absolute Gasteiger partial charge is 0.493 e. The summed E-state index contributed by atoms with van der Waals surface area (Å²) in [6.45, 7) is 6.86. The zero-order chi connectivity index (χ0) is 21.9. The van der Waals surface area contributed by atoms with E-state index in [1.165, 1.54) is 16.7 Å². The molecule has 2 rings (SSSR count). The molecule has 0 fully saturated rings. The van der Waals surface area contributed by atoms with Crippen LogP contribution in [0.2, 0.25) is 0 Å². The molecule has 0 saturated carbocycles. The van der Waals surface area contributed by atoms with Gasteiger partial charge in [0.05, 0.1) is 14.2 Å². The molecule has 0 saturated heterocycles. The molecule has 6 heteroatoms. The minimum atomic E-state index is 0.511. The summed E-state index contributed by atoms with van der Waals surface area (Å²) in [7, 11) is 7.25. The predicted octanol–water partition coefficient (Wildman–Crippen LogP) is 3.45. The first-order valence-electron chi connectivity index (χ1n) is 10.4. The number of ether oxygens (including phenoxy) is 2. The molecular weight excluding hydrogens is 376 g/mol. The Balaban J connectivity index is 1.89. The third kappa shape index (κ3) is 6.95. The van der Waals surface area contributed by atoms with Gasteiger partial charge < -0.3 is 20.1 Å². The van der Waals surface area contributed by atoms with Crippen LogP contribution in [0.5, 0.6) is 11.5 Å². The standard InChI is InChI=1S/C24H36N4O2/c1-18(2)28(4)17-21-10-8-7-9-20(21)16-27-24(25-3)26-14-13-19-11-12-22(29-5)23(15-19)30-6/h7-12,15,18H,13-14,16-17H2,1-6H3,(H2,25,26,27). The minimum Gasteiger partial charge on any atom is -0.493 e. The lowest BCUT2D eigenvalue weighted by Gasteiger charge is -2.23. The molecule has 0 spiro atoms. The summed E-state index contributed by atoms with van der Waals surface area (Å²) in [5, 5.41) is 6.82. The molecule has 0 atom stereocenters. The van der Waals surface area contributed by atoms with E-state index in [2.05, 4.69) is 71.8 Å². The van der Waals surface area contributed by atoms with Crippen molar-refractivity contribution in [3.63, 3.8) is 0 Å². The van der Waals surface area contributed by atoms with E-state index in [1.54, 1.807) is 21.3 Å². The normalized spacial score (nSPS) is 11.7. The molecule has 30 heavy (non-hydrogen) atoms. The minimum absolute atomic E-state index is 0.511. The molecule has 0 amide bonds. The number of aliphatic imine (C=N–C) groups is 1. The topological polar surface area (TPSA) is 58.1 Å². The molecule has 164 valence electrons. The third-order valence-electron chi connectivity index (χ3n) is 5.24. The van der Waals surface area contributed by atoms with Crippen LogP contribution in [-0.4, -0.2) is 51.8 Å². The molecule has 0 unspecified atom stereocenters. The van der Waals surface area contributed by atoms with Gasteiger partial charge in [0, 0.05) is 32.7 Å². The van der Waals surface area contributed by atoms with E-state index in [-0.39, 0.29) is 0 Å². The number of hydrogen-bond donors (Lipinski definition) is 2. The summed E-state index contributed by atoms with van der Waals surface area (Å²) in [6.07, 6.45) is 0.858. The van der Waals surface area contributed by atoms with Gasteiger partial charge in [-0.05, 0) is 56.1 Å². The number of nitrogens with one attached hydrogen (secondary N) is 2. The van der Waals surface area contributed by atoms with Crippen molar-refractivity contribution in [1.82, 2.24) is 15.5 Å². The van der Waals surface area contributed by atoms with Crippen LogP contribution in [0.4, 0.5) is 0 Å². The maximum absolute atomic E-state index is 5.38. The van der Waals surface area contributed by atoms with Gasteiger partial charge >= 0.3 is 0 Å². The predicted molar refractivity (Wildman–Crippen MR) is 124 cm³/mol. The Labute approximate surface area is 181 Å². The number of methoxy groups -OCH3 is 2. The van der Waals surface area contributed by atoms with Gasteiger partial charge in [0.25, 0.3) is 0 Å². The fraction of sp³-hybridized carbons (Fsp3) is 0.458. The number of hydrogen-bond acceptors (Lipinski definition) is 4. The van der Waals surface area contributed by atoms with Crippen molar-refractivity contribution < 1.29 is 9.47 Å². The van der Waals surface area contributed by atoms with Crippen molar-refractivity contribution in [2.45, 2.75) is 39.4 Å². The van der Waals surface area contributed by atoms with Crippen molar-refractivity contribution in [2.24, 2.45) is 4.99 Å². The van der Waals surface area contributed by atoms with Gasteiger partial charge in [-0.3, -0.25) is 9.89 Å². The van der Waals surface area contributed by atoms with Gasteiger partial charge in [-0.15, -0.1) is 0 Å². The first-order valence-corrected chi connectivity index (χ1v) is 10.4. The molecule has 0 bridgehead atoms. The summed E-state index contributed by atoms with van der Waals surface area (Å²) in [5.74, 6) is 2.29. The Morgan fingerprint density at radius 2 is 1.70 bits per heavy atom. The molecule has 0 aliphatic rings. The Morgan fingerprint density at radius 1 is 1.00 bits per heavy atom. The van der Waals surface area contributed by atoms with Crippen LogP contribution >= 0.6 is 0 Å². The van der Waals surface area contributed by atoms with Crippen LogP contribution < -0.4 is 20.1 Å². The zero-order valence-electron chi connectivity index (χ0n) is 19.2. The Bertz CT molecular complexity index is 821. The molecule has 0 radical (unpaired) electrons. The van der Waals surface area contributed by atoms with Gasteiger partial charge in [-0.1, -0.05) is 30.3 Å². The number of guanidine groups is 1. The monoisotopic (exact) mass is 412 g/mol. The van der Waals surface area contributed by atoms with E-state index < -0.39 is 0 Å². The lowest BCUT2D eigenvalue weighted by Crippen LogP contribution is -2.38. The Morgan fingerprint density at radius 3 is 2.33 bits per heavy atom. The SMILES string of the molecule is CN=C(NCCc1ccc(OC)c(OC)c1)NCc1ccccc1CN(C)C(C)C. The third-order valence-corrected chi connectivity index (χ3v) is 5.24. The Kier molecular flexibility index (Phi) is 9.48. The van der Waals surface area contributed by atoms with E-state index >= 15 is 0 Å². The average Bonchev–Trinajstić information content (AvgIpc) is 2.76. The van der Waals surface area contributed by atoms with Crippen LogP contribution in [0.1, 0.15) is 30.5 Å². The van der Waals surface area contributed by atoms with Crippen LogP contribution in [0.25, 0.3) is 0 Å². The fourth-order valence-corrected chi connectivity index (χ4v) is 3.10. The highest BCUT2D eigenvalue weighted by Gasteiger charge is 2.09. The highest BCUT2D eigenvalue weighted by atomic mass is 16.5. The van der Waals surface area contributed by atoms with E-state index in [0.717, 1.165) is 43.5 Å². The highest BCUT2D eigenvalue weighted by Crippen LogP contribution is 2.27. The molecule has 2 aromatic rings. The molecule has 6 nitrogen and oxygen atoms in total. The van der Waals surface area contributed by atoms with Gasteiger partial charge in [0.2, 0.25) is 0 Å². The molecule has 0 aliphatic carbocycles. The summed E-state index contributed by atoms with van der Waals surface area (Å²) in [4.78, 5) is 6.70. The number of rotatable bonds is 10. The van der Waals surface area contributed by atoms with Crippen molar-refractivity contribution in [1.29, 1.82) is 0 Å². The van der Waals surface area contributed by atoms with Crippen molar-refractivity contribution >= 4 is 5.96 Å². The maximum Gasteiger partial charge on any atom is 0.191 e. The lowest BCUT2D eigenvalue weighted by atomic mass is 10.1. The second-order valence-corrected chi connectivity index (χ2v) is 7.57. The molecule has 0 aromatic heterocycles. The summed E-state index contributed by atoms with van der Waals surface area (Å²) < 4.78 is 10.7. The molecule has 2 aromatic carbocycles. The van der Waals surface area contributed by atoms with Gasteiger partial charge in [0.1, 0.15) is 0 Å². The van der Waals surface area contributed by atoms with Crippen LogP contribution in [0.3, 0.4) is 0 Å². The van der Waals surface area contributed by atoms with E-state index in [0.29, 0.717) is 6.04 Å². The van der Waals surface area contributed by atoms with Gasteiger partial charge in [0.15, 0.2) is 17.5 Å². The summed E-state index contributed by atoms with van der Waals surface area (Å²) >= 11 is 0. The van der Waals surface area contributed by atoms with Crippen molar-refractivity contribution in [3.8, 4) is 11.5 Å². The molecule has 0 aliphatic heterocycles. The molecular formula is C24H36N4O2. The number of nitrogens with zero attached hydrogens (tertiary/aromatic N) is 2. The van der Waals surface area contributed by atoms with Gasteiger partial charge in [-0.2, -0.15) is 0 Å². The smallest absolute Gasteiger partial charge is 0.191 e. The molecule has 2 N–H and O–H groups in total. The zero-order valence-corrected chi connectivity index (χ0v) is 19.2. The fourth-order valence-electron chi connectivity index (χ4n) is 3.10.